The second-order valence-corrected chi connectivity index (χ2v) is 6.95. The van der Waals surface area contributed by atoms with E-state index in [-0.39, 0.29) is 11.4 Å². The van der Waals surface area contributed by atoms with Crippen molar-refractivity contribution in [3.05, 3.63) is 27.2 Å². The summed E-state index contributed by atoms with van der Waals surface area (Å²) in [4.78, 5) is 14.4. The zero-order chi connectivity index (χ0) is 15.6. The van der Waals surface area contributed by atoms with Crippen LogP contribution >= 0.6 is 34.8 Å². The van der Waals surface area contributed by atoms with E-state index >= 15 is 0 Å². The Balaban J connectivity index is 2.05. The summed E-state index contributed by atoms with van der Waals surface area (Å²) in [5.41, 5.74) is 0.337. The molecule has 2 rings (SSSR count). The molecule has 1 aliphatic heterocycles. The summed E-state index contributed by atoms with van der Waals surface area (Å²) in [5, 5.41) is 7.19. The summed E-state index contributed by atoms with van der Waals surface area (Å²) in [7, 11) is 0. The first-order valence-electron chi connectivity index (χ1n) is 6.70. The highest BCUT2D eigenvalue weighted by atomic mass is 35.5. The number of rotatable bonds is 3. The fraction of sp³-hybridized carbons (Fsp3) is 0.500. The molecule has 0 aliphatic carbocycles. The average Bonchev–Trinajstić information content (AvgIpc) is 2.36. The van der Waals surface area contributed by atoms with Gasteiger partial charge in [-0.3, -0.25) is 9.69 Å². The van der Waals surface area contributed by atoms with E-state index in [4.69, 9.17) is 34.8 Å². The first-order chi connectivity index (χ1) is 9.79. The molecular weight excluding hydrogens is 333 g/mol. The van der Waals surface area contributed by atoms with E-state index in [1.54, 1.807) is 12.1 Å². The Morgan fingerprint density at radius 2 is 1.95 bits per heavy atom. The monoisotopic (exact) mass is 349 g/mol. The van der Waals surface area contributed by atoms with Crippen LogP contribution in [0, 0.1) is 0 Å². The van der Waals surface area contributed by atoms with Crippen LogP contribution in [-0.2, 0) is 4.79 Å². The number of amides is 1. The minimum Gasteiger partial charge on any atom is -0.322 e. The lowest BCUT2D eigenvalue weighted by atomic mass is 10.0. The third kappa shape index (κ3) is 4.24. The fourth-order valence-corrected chi connectivity index (χ4v) is 3.24. The van der Waals surface area contributed by atoms with Gasteiger partial charge in [0.15, 0.2) is 0 Å². The third-order valence-corrected chi connectivity index (χ3v) is 4.39. The molecule has 2 N–H and O–H groups in total. The van der Waals surface area contributed by atoms with Gasteiger partial charge in [-0.05, 0) is 26.0 Å². The summed E-state index contributed by atoms with van der Waals surface area (Å²) >= 11 is 18.0. The van der Waals surface area contributed by atoms with Gasteiger partial charge in [0, 0.05) is 30.2 Å². The Hall–Kier alpha value is -0.520. The number of nitrogens with one attached hydrogen (secondary N) is 2. The maximum absolute atomic E-state index is 12.2. The number of hydrogen-bond acceptors (Lipinski definition) is 3. The van der Waals surface area contributed by atoms with Gasteiger partial charge in [0.05, 0.1) is 22.3 Å². The van der Waals surface area contributed by atoms with Gasteiger partial charge < -0.3 is 10.6 Å². The number of halogens is 3. The molecule has 0 radical (unpaired) electrons. The zero-order valence-electron chi connectivity index (χ0n) is 12.0. The molecule has 0 saturated carbocycles. The van der Waals surface area contributed by atoms with Gasteiger partial charge in [0.2, 0.25) is 5.91 Å². The van der Waals surface area contributed by atoms with Crippen LogP contribution < -0.4 is 10.6 Å². The number of carbonyl (C=O) groups excluding carboxylic acids is 1. The standard InChI is InChI=1S/C14H18Cl3N3O/c1-14(2)8-18-3-4-20(14)7-12(21)19-13-10(16)5-9(15)6-11(13)17/h5-6,18H,3-4,7-8H2,1-2H3,(H,19,21). The summed E-state index contributed by atoms with van der Waals surface area (Å²) in [5.74, 6) is -0.143. The normalized spacial score (nSPS) is 18.5. The van der Waals surface area contributed by atoms with Gasteiger partial charge in [-0.2, -0.15) is 0 Å². The Bertz CT molecular complexity index is 525. The minimum absolute atomic E-state index is 0.0663. The maximum Gasteiger partial charge on any atom is 0.238 e. The van der Waals surface area contributed by atoms with Crippen molar-refractivity contribution in [2.24, 2.45) is 0 Å². The number of anilines is 1. The van der Waals surface area contributed by atoms with E-state index < -0.39 is 0 Å². The number of carbonyl (C=O) groups is 1. The molecule has 0 atom stereocenters. The van der Waals surface area contributed by atoms with Gasteiger partial charge in [-0.25, -0.2) is 0 Å². The molecule has 1 aromatic rings. The summed E-state index contributed by atoms with van der Waals surface area (Å²) in [6.07, 6.45) is 0. The molecule has 1 saturated heterocycles. The lowest BCUT2D eigenvalue weighted by Crippen LogP contribution is -2.59. The number of hydrogen-bond donors (Lipinski definition) is 2. The fourth-order valence-electron chi connectivity index (χ4n) is 2.33. The smallest absolute Gasteiger partial charge is 0.238 e. The highest BCUT2D eigenvalue weighted by molar-refractivity contribution is 6.42. The topological polar surface area (TPSA) is 44.4 Å². The Morgan fingerprint density at radius 3 is 2.52 bits per heavy atom. The molecule has 1 aromatic carbocycles. The highest BCUT2D eigenvalue weighted by Crippen LogP contribution is 2.33. The zero-order valence-corrected chi connectivity index (χ0v) is 14.2. The molecule has 116 valence electrons. The van der Waals surface area contributed by atoms with Gasteiger partial charge in [0.25, 0.3) is 0 Å². The second-order valence-electron chi connectivity index (χ2n) is 5.70. The lowest BCUT2D eigenvalue weighted by Gasteiger charge is -2.42. The highest BCUT2D eigenvalue weighted by Gasteiger charge is 2.30. The molecule has 0 unspecified atom stereocenters. The molecule has 21 heavy (non-hydrogen) atoms. The van der Waals surface area contributed by atoms with E-state index in [0.717, 1.165) is 19.6 Å². The quantitative estimate of drug-likeness (QED) is 0.879. The molecule has 0 aromatic heterocycles. The summed E-state index contributed by atoms with van der Waals surface area (Å²) in [6.45, 7) is 7.05. The van der Waals surface area contributed by atoms with E-state index in [2.05, 4.69) is 29.4 Å². The van der Waals surface area contributed by atoms with Crippen LogP contribution in [0.3, 0.4) is 0 Å². The van der Waals surface area contributed by atoms with Gasteiger partial charge in [0.1, 0.15) is 0 Å². The van der Waals surface area contributed by atoms with Crippen molar-refractivity contribution in [1.82, 2.24) is 10.2 Å². The molecule has 0 bridgehead atoms. The summed E-state index contributed by atoms with van der Waals surface area (Å²) in [6, 6.07) is 3.11. The molecule has 7 heteroatoms. The van der Waals surface area contributed by atoms with E-state index in [1.807, 2.05) is 0 Å². The maximum atomic E-state index is 12.2. The Kier molecular flexibility index (Phi) is 5.38. The molecule has 1 amide bonds. The van der Waals surface area contributed by atoms with Crippen molar-refractivity contribution in [2.75, 3.05) is 31.5 Å². The Morgan fingerprint density at radius 1 is 1.33 bits per heavy atom. The van der Waals surface area contributed by atoms with Crippen molar-refractivity contribution in [2.45, 2.75) is 19.4 Å². The van der Waals surface area contributed by atoms with Gasteiger partial charge in [-0.1, -0.05) is 34.8 Å². The molecular formula is C14H18Cl3N3O. The Labute approximate surface area is 139 Å². The molecule has 4 nitrogen and oxygen atoms in total. The largest absolute Gasteiger partial charge is 0.322 e. The minimum atomic E-state index is -0.143. The average molecular weight is 351 g/mol. The van der Waals surface area contributed by atoms with Crippen molar-refractivity contribution in [3.8, 4) is 0 Å². The molecule has 1 fully saturated rings. The van der Waals surface area contributed by atoms with Crippen LogP contribution in [0.25, 0.3) is 0 Å². The van der Waals surface area contributed by atoms with Crippen LogP contribution in [0.1, 0.15) is 13.8 Å². The summed E-state index contributed by atoms with van der Waals surface area (Å²) < 4.78 is 0. The number of piperazine rings is 1. The predicted molar refractivity (Wildman–Crippen MR) is 88.6 cm³/mol. The molecule has 1 aliphatic rings. The van der Waals surface area contributed by atoms with Crippen molar-refractivity contribution >= 4 is 46.4 Å². The molecule has 1 heterocycles. The predicted octanol–water partition coefficient (Wildman–Crippen LogP) is 3.27. The van der Waals surface area contributed by atoms with Gasteiger partial charge in [-0.15, -0.1) is 0 Å². The van der Waals surface area contributed by atoms with E-state index in [0.29, 0.717) is 27.3 Å². The van der Waals surface area contributed by atoms with Crippen LogP contribution in [-0.4, -0.2) is 42.5 Å². The van der Waals surface area contributed by atoms with Crippen molar-refractivity contribution in [3.63, 3.8) is 0 Å². The second kappa shape index (κ2) is 6.71. The number of nitrogens with zero attached hydrogens (tertiary/aromatic N) is 1. The van der Waals surface area contributed by atoms with Crippen LogP contribution in [0.4, 0.5) is 5.69 Å². The van der Waals surface area contributed by atoms with E-state index in [1.165, 1.54) is 0 Å². The lowest BCUT2D eigenvalue weighted by molar-refractivity contribution is -0.119. The van der Waals surface area contributed by atoms with E-state index in [9.17, 15) is 4.79 Å². The van der Waals surface area contributed by atoms with Crippen LogP contribution in [0.5, 0.6) is 0 Å². The molecule has 0 spiro atoms. The third-order valence-electron chi connectivity index (χ3n) is 3.58. The SMILES string of the molecule is CC1(C)CNCCN1CC(=O)Nc1c(Cl)cc(Cl)cc1Cl. The van der Waals surface area contributed by atoms with Crippen molar-refractivity contribution < 1.29 is 4.79 Å². The van der Waals surface area contributed by atoms with Gasteiger partial charge >= 0.3 is 0 Å². The van der Waals surface area contributed by atoms with Crippen molar-refractivity contribution in [1.29, 1.82) is 0 Å². The first kappa shape index (κ1) is 16.8. The first-order valence-corrected chi connectivity index (χ1v) is 7.83. The number of benzene rings is 1. The van der Waals surface area contributed by atoms with Crippen LogP contribution in [0.15, 0.2) is 12.1 Å². The van der Waals surface area contributed by atoms with Crippen LogP contribution in [0.2, 0.25) is 15.1 Å².